The predicted molar refractivity (Wildman–Crippen MR) is 58.5 cm³/mol. The van der Waals surface area contributed by atoms with Crippen LogP contribution in [0.5, 0.6) is 0 Å². The topological polar surface area (TPSA) is 49.3 Å². The van der Waals surface area contributed by atoms with Gasteiger partial charge in [0, 0.05) is 5.69 Å². The van der Waals surface area contributed by atoms with Crippen LogP contribution in [0.3, 0.4) is 0 Å². The molecule has 0 spiro atoms. The van der Waals surface area contributed by atoms with Crippen molar-refractivity contribution in [3.05, 3.63) is 30.3 Å². The van der Waals surface area contributed by atoms with Gasteiger partial charge in [0.05, 0.1) is 0 Å². The van der Waals surface area contributed by atoms with Gasteiger partial charge in [-0.15, -0.1) is 0 Å². The summed E-state index contributed by atoms with van der Waals surface area (Å²) in [5.74, 6) is -0.272. The SMILES string of the molecule is O=C(Nc1ccccc1)C1(O)CCCC1. The molecule has 2 N–H and O–H groups in total. The summed E-state index contributed by atoms with van der Waals surface area (Å²) < 4.78 is 0. The monoisotopic (exact) mass is 205 g/mol. The first-order valence-corrected chi connectivity index (χ1v) is 5.30. The van der Waals surface area contributed by atoms with E-state index < -0.39 is 5.60 Å². The van der Waals surface area contributed by atoms with Gasteiger partial charge in [0.2, 0.25) is 0 Å². The molecule has 0 radical (unpaired) electrons. The number of para-hydroxylation sites is 1. The lowest BCUT2D eigenvalue weighted by Crippen LogP contribution is -2.40. The molecule has 1 aliphatic carbocycles. The van der Waals surface area contributed by atoms with E-state index in [1.807, 2.05) is 30.3 Å². The zero-order valence-electron chi connectivity index (χ0n) is 8.57. The molecule has 0 saturated heterocycles. The molecule has 3 heteroatoms. The van der Waals surface area contributed by atoms with Crippen molar-refractivity contribution in [3.8, 4) is 0 Å². The van der Waals surface area contributed by atoms with Crippen LogP contribution in [-0.2, 0) is 4.79 Å². The van der Waals surface area contributed by atoms with E-state index in [1.54, 1.807) is 0 Å². The third-order valence-corrected chi connectivity index (χ3v) is 2.89. The summed E-state index contributed by atoms with van der Waals surface area (Å²) in [6, 6.07) is 9.23. The molecule has 0 heterocycles. The molecule has 0 atom stereocenters. The minimum atomic E-state index is -1.14. The lowest BCUT2D eigenvalue weighted by atomic mass is 10.0. The third kappa shape index (κ3) is 2.18. The summed E-state index contributed by atoms with van der Waals surface area (Å²) >= 11 is 0. The molecule has 0 bridgehead atoms. The Bertz CT molecular complexity index is 342. The molecule has 1 aromatic carbocycles. The van der Waals surface area contributed by atoms with Crippen molar-refractivity contribution < 1.29 is 9.90 Å². The fourth-order valence-electron chi connectivity index (χ4n) is 1.96. The summed E-state index contributed by atoms with van der Waals surface area (Å²) in [6.45, 7) is 0. The standard InChI is InChI=1S/C12H15NO2/c14-11(12(15)8-4-5-9-12)13-10-6-2-1-3-7-10/h1-3,6-7,15H,4-5,8-9H2,(H,13,14). The number of rotatable bonds is 2. The molecule has 15 heavy (non-hydrogen) atoms. The Morgan fingerprint density at radius 1 is 1.20 bits per heavy atom. The van der Waals surface area contributed by atoms with Gasteiger partial charge in [0.1, 0.15) is 5.60 Å². The van der Waals surface area contributed by atoms with Crippen molar-refractivity contribution in [2.75, 3.05) is 5.32 Å². The second-order valence-corrected chi connectivity index (χ2v) is 4.06. The third-order valence-electron chi connectivity index (χ3n) is 2.89. The Morgan fingerprint density at radius 2 is 1.80 bits per heavy atom. The smallest absolute Gasteiger partial charge is 0.256 e. The van der Waals surface area contributed by atoms with Gasteiger partial charge in [0.25, 0.3) is 5.91 Å². The fraction of sp³-hybridized carbons (Fsp3) is 0.417. The van der Waals surface area contributed by atoms with E-state index in [2.05, 4.69) is 5.32 Å². The summed E-state index contributed by atoms with van der Waals surface area (Å²) in [6.07, 6.45) is 3.01. The molecular formula is C12H15NO2. The van der Waals surface area contributed by atoms with E-state index in [0.717, 1.165) is 18.5 Å². The van der Waals surface area contributed by atoms with Crippen molar-refractivity contribution in [1.29, 1.82) is 0 Å². The minimum absolute atomic E-state index is 0.272. The Morgan fingerprint density at radius 3 is 2.40 bits per heavy atom. The van der Waals surface area contributed by atoms with E-state index in [4.69, 9.17) is 0 Å². The van der Waals surface area contributed by atoms with Gasteiger partial charge in [-0.1, -0.05) is 18.2 Å². The number of hydrogen-bond acceptors (Lipinski definition) is 2. The highest BCUT2D eigenvalue weighted by Crippen LogP contribution is 2.30. The molecule has 1 aromatic rings. The molecule has 1 saturated carbocycles. The molecule has 3 nitrogen and oxygen atoms in total. The molecule has 80 valence electrons. The fourth-order valence-corrected chi connectivity index (χ4v) is 1.96. The normalized spacial score (nSPS) is 18.7. The van der Waals surface area contributed by atoms with E-state index in [-0.39, 0.29) is 5.91 Å². The maximum Gasteiger partial charge on any atom is 0.256 e. The maximum atomic E-state index is 11.8. The van der Waals surface area contributed by atoms with Crippen LogP contribution in [0.2, 0.25) is 0 Å². The van der Waals surface area contributed by atoms with E-state index >= 15 is 0 Å². The van der Waals surface area contributed by atoms with Crippen LogP contribution in [-0.4, -0.2) is 16.6 Å². The number of amides is 1. The van der Waals surface area contributed by atoms with Crippen molar-refractivity contribution in [2.24, 2.45) is 0 Å². The Balaban J connectivity index is 2.04. The largest absolute Gasteiger partial charge is 0.380 e. The highest BCUT2D eigenvalue weighted by Gasteiger charge is 2.38. The number of hydrogen-bond donors (Lipinski definition) is 2. The summed E-state index contributed by atoms with van der Waals surface area (Å²) in [5.41, 5.74) is -0.404. The van der Waals surface area contributed by atoms with E-state index in [0.29, 0.717) is 12.8 Å². The van der Waals surface area contributed by atoms with Crippen LogP contribution in [0, 0.1) is 0 Å². The van der Waals surface area contributed by atoms with Crippen molar-refractivity contribution >= 4 is 11.6 Å². The summed E-state index contributed by atoms with van der Waals surface area (Å²) in [4.78, 5) is 11.8. The zero-order valence-corrected chi connectivity index (χ0v) is 8.57. The van der Waals surface area contributed by atoms with Crippen LogP contribution in [0.4, 0.5) is 5.69 Å². The van der Waals surface area contributed by atoms with Crippen LogP contribution < -0.4 is 5.32 Å². The lowest BCUT2D eigenvalue weighted by molar-refractivity contribution is -0.133. The molecular weight excluding hydrogens is 190 g/mol. The molecule has 1 amide bonds. The summed E-state index contributed by atoms with van der Waals surface area (Å²) in [7, 11) is 0. The molecule has 2 rings (SSSR count). The Kier molecular flexibility index (Phi) is 2.73. The lowest BCUT2D eigenvalue weighted by Gasteiger charge is -2.20. The quantitative estimate of drug-likeness (QED) is 0.775. The number of anilines is 1. The molecule has 0 aromatic heterocycles. The van der Waals surface area contributed by atoms with Crippen LogP contribution in [0.1, 0.15) is 25.7 Å². The molecule has 1 fully saturated rings. The van der Waals surface area contributed by atoms with Gasteiger partial charge < -0.3 is 10.4 Å². The van der Waals surface area contributed by atoms with Crippen LogP contribution in [0.15, 0.2) is 30.3 Å². The number of benzene rings is 1. The first-order chi connectivity index (χ1) is 7.21. The Hall–Kier alpha value is -1.35. The average Bonchev–Trinajstić information content (AvgIpc) is 2.68. The number of carbonyl (C=O) groups is 1. The van der Waals surface area contributed by atoms with Crippen LogP contribution in [0.25, 0.3) is 0 Å². The van der Waals surface area contributed by atoms with Gasteiger partial charge in [-0.2, -0.15) is 0 Å². The molecule has 0 unspecified atom stereocenters. The van der Waals surface area contributed by atoms with E-state index in [1.165, 1.54) is 0 Å². The summed E-state index contributed by atoms with van der Waals surface area (Å²) in [5, 5.41) is 12.7. The first-order valence-electron chi connectivity index (χ1n) is 5.30. The molecule has 0 aliphatic heterocycles. The predicted octanol–water partition coefficient (Wildman–Crippen LogP) is 1.93. The Labute approximate surface area is 89.1 Å². The average molecular weight is 205 g/mol. The molecule has 1 aliphatic rings. The zero-order chi connectivity index (χ0) is 10.7. The first kappa shape index (κ1) is 10.2. The second kappa shape index (κ2) is 4.03. The van der Waals surface area contributed by atoms with Gasteiger partial charge in [-0.05, 0) is 37.8 Å². The highest BCUT2D eigenvalue weighted by atomic mass is 16.3. The minimum Gasteiger partial charge on any atom is -0.380 e. The second-order valence-electron chi connectivity index (χ2n) is 4.06. The number of nitrogens with one attached hydrogen (secondary N) is 1. The highest BCUT2D eigenvalue weighted by molar-refractivity contribution is 5.97. The van der Waals surface area contributed by atoms with E-state index in [9.17, 15) is 9.90 Å². The van der Waals surface area contributed by atoms with Crippen molar-refractivity contribution in [1.82, 2.24) is 0 Å². The number of carbonyl (C=O) groups excluding carboxylic acids is 1. The van der Waals surface area contributed by atoms with Gasteiger partial charge in [0.15, 0.2) is 0 Å². The van der Waals surface area contributed by atoms with Gasteiger partial charge in [-0.3, -0.25) is 4.79 Å². The maximum absolute atomic E-state index is 11.8. The van der Waals surface area contributed by atoms with Gasteiger partial charge in [-0.25, -0.2) is 0 Å². The van der Waals surface area contributed by atoms with Gasteiger partial charge >= 0.3 is 0 Å². The van der Waals surface area contributed by atoms with Crippen molar-refractivity contribution in [3.63, 3.8) is 0 Å². The van der Waals surface area contributed by atoms with Crippen molar-refractivity contribution in [2.45, 2.75) is 31.3 Å². The van der Waals surface area contributed by atoms with Crippen LogP contribution >= 0.6 is 0 Å². The number of aliphatic hydroxyl groups is 1.